The van der Waals surface area contributed by atoms with Gasteiger partial charge in [0, 0.05) is 18.4 Å². The van der Waals surface area contributed by atoms with Crippen LogP contribution in [0.1, 0.15) is 40.7 Å². The number of carbonyl (C=O) groups is 3. The molecule has 1 aliphatic rings. The van der Waals surface area contributed by atoms with E-state index in [2.05, 4.69) is 22.8 Å². The number of nitrogens with one attached hydrogen (secondary N) is 2. The number of alkyl carbamates (subject to hydrolysis) is 1. The fourth-order valence-electron chi connectivity index (χ4n) is 4.18. The number of hydrogen-bond acceptors (Lipinski definition) is 4. The van der Waals surface area contributed by atoms with Crippen LogP contribution >= 0.6 is 23.2 Å². The van der Waals surface area contributed by atoms with Crippen molar-refractivity contribution in [2.24, 2.45) is 0 Å². The average Bonchev–Trinajstić information content (AvgIpc) is 3.13. The Labute approximate surface area is 212 Å². The SMILES string of the molecule is C[C@H](CC(=O)Nc1c(Cl)cc(C(=O)O)cc1Cl)NC(=O)OCC1c2ccccc2-c2ccccc21. The van der Waals surface area contributed by atoms with E-state index in [0.717, 1.165) is 22.3 Å². The number of rotatable bonds is 7. The average molecular weight is 513 g/mol. The van der Waals surface area contributed by atoms with Crippen LogP contribution in [0.5, 0.6) is 0 Å². The Morgan fingerprint density at radius 2 is 1.51 bits per heavy atom. The van der Waals surface area contributed by atoms with Crippen molar-refractivity contribution in [1.29, 1.82) is 0 Å². The minimum atomic E-state index is -1.19. The third kappa shape index (κ3) is 5.42. The first-order valence-corrected chi connectivity index (χ1v) is 11.6. The molecule has 1 atom stereocenters. The summed E-state index contributed by atoms with van der Waals surface area (Å²) < 4.78 is 5.50. The predicted molar refractivity (Wildman–Crippen MR) is 134 cm³/mol. The highest BCUT2D eigenvalue weighted by atomic mass is 35.5. The quantitative estimate of drug-likeness (QED) is 0.362. The molecule has 2 amide bonds. The number of carboxylic acid groups (broad SMARTS) is 1. The maximum absolute atomic E-state index is 12.4. The molecule has 35 heavy (non-hydrogen) atoms. The van der Waals surface area contributed by atoms with Crippen LogP contribution in [0.25, 0.3) is 11.1 Å². The van der Waals surface area contributed by atoms with Gasteiger partial charge in [0.05, 0.1) is 21.3 Å². The van der Waals surface area contributed by atoms with Crippen LogP contribution in [-0.2, 0) is 9.53 Å². The summed E-state index contributed by atoms with van der Waals surface area (Å²) in [6, 6.07) is 17.9. The van der Waals surface area contributed by atoms with Crippen molar-refractivity contribution in [2.45, 2.75) is 25.3 Å². The van der Waals surface area contributed by atoms with Gasteiger partial charge in [-0.05, 0) is 41.3 Å². The molecule has 0 aromatic heterocycles. The lowest BCUT2D eigenvalue weighted by Crippen LogP contribution is -2.36. The van der Waals surface area contributed by atoms with E-state index in [-0.39, 0.29) is 40.2 Å². The zero-order valence-electron chi connectivity index (χ0n) is 18.7. The monoisotopic (exact) mass is 512 g/mol. The Hall–Kier alpha value is -3.55. The number of anilines is 1. The third-order valence-corrected chi connectivity index (χ3v) is 6.35. The summed E-state index contributed by atoms with van der Waals surface area (Å²) in [5.41, 5.74) is 4.50. The molecular formula is C26H22Cl2N2O5. The molecule has 3 aromatic rings. The van der Waals surface area contributed by atoms with Gasteiger partial charge in [-0.15, -0.1) is 0 Å². The van der Waals surface area contributed by atoms with Gasteiger partial charge in [-0.3, -0.25) is 4.79 Å². The van der Waals surface area contributed by atoms with E-state index in [1.54, 1.807) is 6.92 Å². The normalized spacial score (nSPS) is 12.9. The van der Waals surface area contributed by atoms with Gasteiger partial charge < -0.3 is 20.5 Å². The van der Waals surface area contributed by atoms with E-state index in [1.807, 2.05) is 36.4 Å². The molecule has 0 unspecified atom stereocenters. The van der Waals surface area contributed by atoms with Gasteiger partial charge in [0.25, 0.3) is 0 Å². The fourth-order valence-corrected chi connectivity index (χ4v) is 4.76. The Kier molecular flexibility index (Phi) is 7.28. The minimum Gasteiger partial charge on any atom is -0.478 e. The molecule has 0 saturated heterocycles. The lowest BCUT2D eigenvalue weighted by molar-refractivity contribution is -0.116. The molecule has 0 radical (unpaired) electrons. The summed E-state index contributed by atoms with van der Waals surface area (Å²) in [6.07, 6.45) is -0.702. The first-order chi connectivity index (χ1) is 16.7. The Morgan fingerprint density at radius 3 is 2.06 bits per heavy atom. The molecule has 0 heterocycles. The molecule has 0 saturated carbocycles. The van der Waals surface area contributed by atoms with Gasteiger partial charge in [0.1, 0.15) is 6.61 Å². The molecule has 9 heteroatoms. The van der Waals surface area contributed by atoms with Crippen LogP contribution in [0.15, 0.2) is 60.7 Å². The highest BCUT2D eigenvalue weighted by Crippen LogP contribution is 2.44. The third-order valence-electron chi connectivity index (χ3n) is 5.75. The van der Waals surface area contributed by atoms with Crippen LogP contribution in [0, 0.1) is 0 Å². The molecule has 4 rings (SSSR count). The van der Waals surface area contributed by atoms with Crippen molar-refractivity contribution in [3.63, 3.8) is 0 Å². The van der Waals surface area contributed by atoms with E-state index in [0.29, 0.717) is 0 Å². The van der Waals surface area contributed by atoms with Crippen LogP contribution in [0.3, 0.4) is 0 Å². The Morgan fingerprint density at radius 1 is 0.971 bits per heavy atom. The molecule has 7 nitrogen and oxygen atoms in total. The topological polar surface area (TPSA) is 105 Å². The van der Waals surface area contributed by atoms with Gasteiger partial charge in [-0.25, -0.2) is 9.59 Å². The number of carboxylic acids is 1. The second-order valence-corrected chi connectivity index (χ2v) is 9.06. The second-order valence-electron chi connectivity index (χ2n) is 8.24. The van der Waals surface area contributed by atoms with Gasteiger partial charge in [0.15, 0.2) is 0 Å². The van der Waals surface area contributed by atoms with Gasteiger partial charge in [-0.2, -0.15) is 0 Å². The number of ether oxygens (including phenoxy) is 1. The van der Waals surface area contributed by atoms with Gasteiger partial charge in [0.2, 0.25) is 5.91 Å². The standard InChI is InChI=1S/C26H22Cl2N2O5/c1-14(10-23(31)30-24-21(27)11-15(25(32)33)12-22(24)28)29-26(34)35-13-20-18-8-4-2-6-16(18)17-7-3-5-9-19(17)20/h2-9,11-12,14,20H,10,13H2,1H3,(H,29,34)(H,30,31)(H,32,33)/t14-/m1/s1. The smallest absolute Gasteiger partial charge is 0.407 e. The largest absolute Gasteiger partial charge is 0.478 e. The zero-order valence-corrected chi connectivity index (χ0v) is 20.2. The van der Waals surface area contributed by atoms with Gasteiger partial charge >= 0.3 is 12.1 Å². The number of benzene rings is 3. The summed E-state index contributed by atoms with van der Waals surface area (Å²) >= 11 is 12.1. The number of amides is 2. The Bertz CT molecular complexity index is 1240. The van der Waals surface area contributed by atoms with Crippen molar-refractivity contribution in [2.75, 3.05) is 11.9 Å². The molecule has 0 aliphatic heterocycles. The lowest BCUT2D eigenvalue weighted by Gasteiger charge is -2.17. The van der Waals surface area contributed by atoms with Crippen LogP contribution in [-0.4, -0.2) is 35.7 Å². The highest BCUT2D eigenvalue weighted by Gasteiger charge is 2.29. The van der Waals surface area contributed by atoms with Crippen molar-refractivity contribution in [3.05, 3.63) is 87.4 Å². The minimum absolute atomic E-state index is 0.000369. The number of carbonyl (C=O) groups excluding carboxylic acids is 2. The maximum Gasteiger partial charge on any atom is 0.407 e. The molecular weight excluding hydrogens is 491 g/mol. The van der Waals surface area contributed by atoms with Crippen molar-refractivity contribution in [3.8, 4) is 11.1 Å². The number of fused-ring (bicyclic) bond motifs is 3. The van der Waals surface area contributed by atoms with E-state index >= 15 is 0 Å². The van der Waals surface area contributed by atoms with E-state index < -0.39 is 24.0 Å². The zero-order chi connectivity index (χ0) is 25.1. The lowest BCUT2D eigenvalue weighted by atomic mass is 9.98. The number of hydrogen-bond donors (Lipinski definition) is 3. The summed E-state index contributed by atoms with van der Waals surface area (Å²) in [7, 11) is 0. The number of halogens is 2. The first-order valence-electron chi connectivity index (χ1n) is 10.9. The highest BCUT2D eigenvalue weighted by molar-refractivity contribution is 6.40. The molecule has 0 spiro atoms. The van der Waals surface area contributed by atoms with E-state index in [1.165, 1.54) is 12.1 Å². The van der Waals surface area contributed by atoms with Crippen LogP contribution in [0.4, 0.5) is 10.5 Å². The van der Waals surface area contributed by atoms with Crippen molar-refractivity contribution in [1.82, 2.24) is 5.32 Å². The summed E-state index contributed by atoms with van der Waals surface area (Å²) in [4.78, 5) is 35.9. The van der Waals surface area contributed by atoms with Crippen LogP contribution < -0.4 is 10.6 Å². The van der Waals surface area contributed by atoms with Crippen LogP contribution in [0.2, 0.25) is 10.0 Å². The van der Waals surface area contributed by atoms with Crippen molar-refractivity contribution < 1.29 is 24.2 Å². The summed E-state index contributed by atoms with van der Waals surface area (Å²) in [6.45, 7) is 1.83. The molecule has 0 bridgehead atoms. The van der Waals surface area contributed by atoms with Crippen molar-refractivity contribution >= 4 is 46.9 Å². The van der Waals surface area contributed by atoms with Gasteiger partial charge in [-0.1, -0.05) is 71.7 Å². The molecule has 0 fully saturated rings. The summed E-state index contributed by atoms with van der Waals surface area (Å²) in [5.74, 6) is -1.71. The first kappa shape index (κ1) is 24.6. The predicted octanol–water partition coefficient (Wildman–Crippen LogP) is 5.95. The molecule has 3 aromatic carbocycles. The summed E-state index contributed by atoms with van der Waals surface area (Å²) in [5, 5.41) is 14.3. The molecule has 180 valence electrons. The second kappa shape index (κ2) is 10.4. The molecule has 1 aliphatic carbocycles. The number of aromatic carboxylic acids is 1. The maximum atomic E-state index is 12.4. The van der Waals surface area contributed by atoms with E-state index in [4.69, 9.17) is 33.0 Å². The molecule has 3 N–H and O–H groups in total. The van der Waals surface area contributed by atoms with E-state index in [9.17, 15) is 14.4 Å². The Balaban J connectivity index is 1.32. The fraction of sp³-hybridized carbons (Fsp3) is 0.192.